The zero-order valence-corrected chi connectivity index (χ0v) is 18.4. The first-order valence-electron chi connectivity index (χ1n) is 10.3. The van der Waals surface area contributed by atoms with Crippen molar-refractivity contribution in [3.8, 4) is 22.6 Å². The first kappa shape index (κ1) is 21.4. The van der Waals surface area contributed by atoms with Crippen LogP contribution in [0.4, 0.5) is 0 Å². The molecule has 31 heavy (non-hydrogen) atoms. The van der Waals surface area contributed by atoms with Crippen LogP contribution in [0.5, 0.6) is 11.5 Å². The van der Waals surface area contributed by atoms with Crippen LogP contribution in [0, 0.1) is 0 Å². The molecular weight excluding hydrogens is 412 g/mol. The number of benzene rings is 3. The topological polar surface area (TPSA) is 61.8 Å². The van der Waals surface area contributed by atoms with Gasteiger partial charge in [0.25, 0.3) is 0 Å². The fraction of sp³-hybridized carbons (Fsp3) is 0.280. The Morgan fingerprint density at radius 3 is 2.45 bits per heavy atom. The average Bonchev–Trinajstić information content (AvgIpc) is 2.94. The van der Waals surface area contributed by atoms with E-state index in [-0.39, 0.29) is 5.75 Å². The van der Waals surface area contributed by atoms with Gasteiger partial charge < -0.3 is 14.2 Å². The highest BCUT2D eigenvalue weighted by Gasteiger charge is 2.16. The molecule has 0 saturated carbocycles. The third-order valence-corrected chi connectivity index (χ3v) is 6.16. The lowest BCUT2D eigenvalue weighted by molar-refractivity contribution is 0.109. The Balaban J connectivity index is 1.49. The summed E-state index contributed by atoms with van der Waals surface area (Å²) in [6.45, 7) is 1.91. The predicted molar refractivity (Wildman–Crippen MR) is 121 cm³/mol. The van der Waals surface area contributed by atoms with E-state index in [1.54, 1.807) is 0 Å². The summed E-state index contributed by atoms with van der Waals surface area (Å²) in [5.41, 5.74) is 5.56. The fourth-order valence-electron chi connectivity index (χ4n) is 3.60. The Morgan fingerprint density at radius 2 is 1.65 bits per heavy atom. The van der Waals surface area contributed by atoms with Gasteiger partial charge in [-0.15, -0.1) is 0 Å². The molecule has 1 aliphatic rings. The van der Waals surface area contributed by atoms with Gasteiger partial charge in [-0.3, -0.25) is 0 Å². The summed E-state index contributed by atoms with van der Waals surface area (Å²) in [5.74, 6) is 1.70. The van der Waals surface area contributed by atoms with Gasteiger partial charge in [-0.1, -0.05) is 36.4 Å². The van der Waals surface area contributed by atoms with Crippen LogP contribution in [0.25, 0.3) is 11.1 Å². The van der Waals surface area contributed by atoms with Gasteiger partial charge in [0.1, 0.15) is 27.9 Å². The molecule has 3 aromatic carbocycles. The largest absolute Gasteiger partial charge is 0.494 e. The number of ether oxygens (including phenoxy) is 3. The van der Waals surface area contributed by atoms with Crippen molar-refractivity contribution < 1.29 is 22.6 Å². The van der Waals surface area contributed by atoms with Crippen LogP contribution in [0.2, 0.25) is 0 Å². The number of hydrogen-bond donors (Lipinski definition) is 0. The van der Waals surface area contributed by atoms with Crippen molar-refractivity contribution >= 4 is 9.84 Å². The van der Waals surface area contributed by atoms with E-state index in [1.807, 2.05) is 42.5 Å². The molecule has 0 spiro atoms. The molecule has 1 heterocycles. The van der Waals surface area contributed by atoms with E-state index < -0.39 is 9.84 Å². The molecule has 6 heteroatoms. The second-order valence-corrected chi connectivity index (χ2v) is 10.00. The highest BCUT2D eigenvalue weighted by atomic mass is 32.2. The Labute approximate surface area is 183 Å². The van der Waals surface area contributed by atoms with Crippen molar-refractivity contribution in [2.45, 2.75) is 26.2 Å². The van der Waals surface area contributed by atoms with E-state index >= 15 is 0 Å². The van der Waals surface area contributed by atoms with Gasteiger partial charge >= 0.3 is 0 Å². The summed E-state index contributed by atoms with van der Waals surface area (Å²) < 4.78 is 40.1. The average molecular weight is 439 g/mol. The Kier molecular flexibility index (Phi) is 6.59. The number of para-hydroxylation sites is 1. The van der Waals surface area contributed by atoms with E-state index in [0.29, 0.717) is 32.8 Å². The molecule has 0 bridgehead atoms. The van der Waals surface area contributed by atoms with Crippen molar-refractivity contribution in [3.05, 3.63) is 83.4 Å². The van der Waals surface area contributed by atoms with E-state index in [1.165, 1.54) is 6.26 Å². The van der Waals surface area contributed by atoms with Crippen molar-refractivity contribution in [2.24, 2.45) is 0 Å². The lowest BCUT2D eigenvalue weighted by atomic mass is 9.95. The van der Waals surface area contributed by atoms with Crippen LogP contribution in [-0.4, -0.2) is 27.0 Å². The molecule has 0 aromatic heterocycles. The maximum atomic E-state index is 11.3. The van der Waals surface area contributed by atoms with Crippen molar-refractivity contribution in [3.63, 3.8) is 0 Å². The monoisotopic (exact) mass is 438 g/mol. The summed E-state index contributed by atoms with van der Waals surface area (Å²) >= 11 is 0. The summed E-state index contributed by atoms with van der Waals surface area (Å²) in [6, 6.07) is 22.1. The minimum Gasteiger partial charge on any atom is -0.494 e. The highest BCUT2D eigenvalue weighted by molar-refractivity contribution is 7.90. The SMILES string of the molecule is CS(=O)(=O)CCCOc1ccc2c(c1)COCc1ccc(COc3ccccc3)cc1-2. The Bertz CT molecular complexity index is 1140. The summed E-state index contributed by atoms with van der Waals surface area (Å²) in [4.78, 5) is 0. The molecule has 0 amide bonds. The third kappa shape index (κ3) is 5.87. The van der Waals surface area contributed by atoms with Gasteiger partial charge in [0.05, 0.1) is 25.6 Å². The second kappa shape index (κ2) is 9.54. The number of sulfone groups is 1. The van der Waals surface area contributed by atoms with Crippen molar-refractivity contribution in [1.82, 2.24) is 0 Å². The molecule has 162 valence electrons. The number of hydrogen-bond acceptors (Lipinski definition) is 5. The number of rotatable bonds is 8. The molecule has 0 saturated heterocycles. The Morgan fingerprint density at radius 1 is 0.839 bits per heavy atom. The van der Waals surface area contributed by atoms with Crippen LogP contribution in [0.3, 0.4) is 0 Å². The minimum absolute atomic E-state index is 0.127. The molecule has 0 fully saturated rings. The predicted octanol–water partition coefficient (Wildman–Crippen LogP) is 4.78. The van der Waals surface area contributed by atoms with Gasteiger partial charge in [0.15, 0.2) is 0 Å². The lowest BCUT2D eigenvalue weighted by Gasteiger charge is -2.13. The second-order valence-electron chi connectivity index (χ2n) is 7.74. The first-order chi connectivity index (χ1) is 15.0. The molecule has 3 aromatic rings. The molecule has 1 aliphatic heterocycles. The van der Waals surface area contributed by atoms with Crippen molar-refractivity contribution in [2.75, 3.05) is 18.6 Å². The molecule has 4 rings (SSSR count). The van der Waals surface area contributed by atoms with Crippen LogP contribution in [-0.2, 0) is 34.4 Å². The molecule has 0 aliphatic carbocycles. The molecule has 5 nitrogen and oxygen atoms in total. The van der Waals surface area contributed by atoms with E-state index in [2.05, 4.69) is 24.3 Å². The standard InChI is InChI=1S/C25H26O5S/c1-31(26,27)13-5-12-29-23-10-11-24-21(15-23)18-28-17-20-9-8-19(14-25(20)24)16-30-22-6-3-2-4-7-22/h2-4,6-11,14-15H,5,12-13,16-18H2,1H3. The van der Waals surface area contributed by atoms with Gasteiger partial charge in [0.2, 0.25) is 0 Å². The van der Waals surface area contributed by atoms with Crippen LogP contribution >= 0.6 is 0 Å². The lowest BCUT2D eigenvalue weighted by Crippen LogP contribution is -2.08. The van der Waals surface area contributed by atoms with E-state index in [0.717, 1.165) is 39.3 Å². The zero-order valence-electron chi connectivity index (χ0n) is 17.5. The molecular formula is C25H26O5S. The zero-order chi connectivity index (χ0) is 21.7. The first-order valence-corrected chi connectivity index (χ1v) is 12.4. The van der Waals surface area contributed by atoms with Gasteiger partial charge in [-0.05, 0) is 64.6 Å². The van der Waals surface area contributed by atoms with E-state index in [9.17, 15) is 8.42 Å². The van der Waals surface area contributed by atoms with Gasteiger partial charge in [-0.2, -0.15) is 0 Å². The van der Waals surface area contributed by atoms with Crippen LogP contribution in [0.1, 0.15) is 23.1 Å². The smallest absolute Gasteiger partial charge is 0.147 e. The highest BCUT2D eigenvalue weighted by Crippen LogP contribution is 2.34. The number of fused-ring (bicyclic) bond motifs is 3. The molecule has 0 radical (unpaired) electrons. The fourth-order valence-corrected chi connectivity index (χ4v) is 4.24. The summed E-state index contributed by atoms with van der Waals surface area (Å²) in [6.07, 6.45) is 1.71. The Hall–Kier alpha value is -2.83. The van der Waals surface area contributed by atoms with E-state index in [4.69, 9.17) is 14.2 Å². The molecule has 0 unspecified atom stereocenters. The van der Waals surface area contributed by atoms with Gasteiger partial charge in [0, 0.05) is 6.26 Å². The summed E-state index contributed by atoms with van der Waals surface area (Å²) in [7, 11) is -2.97. The molecule has 0 N–H and O–H groups in total. The van der Waals surface area contributed by atoms with Gasteiger partial charge in [-0.25, -0.2) is 8.42 Å². The maximum Gasteiger partial charge on any atom is 0.147 e. The maximum absolute atomic E-state index is 11.3. The quantitative estimate of drug-likeness (QED) is 0.474. The third-order valence-electron chi connectivity index (χ3n) is 5.13. The van der Waals surface area contributed by atoms with Crippen LogP contribution < -0.4 is 9.47 Å². The molecule has 0 atom stereocenters. The minimum atomic E-state index is -2.97. The van der Waals surface area contributed by atoms with Crippen LogP contribution in [0.15, 0.2) is 66.7 Å². The van der Waals surface area contributed by atoms with Crippen molar-refractivity contribution in [1.29, 1.82) is 0 Å². The summed E-state index contributed by atoms with van der Waals surface area (Å²) in [5, 5.41) is 0. The normalized spacial score (nSPS) is 13.1.